The number of halogens is 4. The molecule has 0 bridgehead atoms. The first-order chi connectivity index (χ1) is 9.75. The smallest absolute Gasteiger partial charge is 0.123 e. The quantitative estimate of drug-likeness (QED) is 0.776. The highest BCUT2D eigenvalue weighted by Gasteiger charge is 2.26. The minimum Gasteiger partial charge on any atom is -0.314 e. The van der Waals surface area contributed by atoms with Gasteiger partial charge >= 0.3 is 0 Å². The van der Waals surface area contributed by atoms with Crippen LogP contribution in [0.25, 0.3) is 0 Å². The molecule has 1 fully saturated rings. The van der Waals surface area contributed by atoms with Crippen LogP contribution in [-0.2, 0) is 0 Å². The zero-order chi connectivity index (χ0) is 13.9. The van der Waals surface area contributed by atoms with Crippen molar-refractivity contribution < 1.29 is 4.39 Å². The van der Waals surface area contributed by atoms with E-state index in [9.17, 15) is 4.39 Å². The lowest BCUT2D eigenvalue weighted by Crippen LogP contribution is -2.45. The van der Waals surface area contributed by atoms with Crippen LogP contribution in [0.1, 0.15) is 16.5 Å². The fourth-order valence-electron chi connectivity index (χ4n) is 2.64. The van der Waals surface area contributed by atoms with Gasteiger partial charge in [0.2, 0.25) is 0 Å². The molecule has 1 aromatic carbocycles. The van der Waals surface area contributed by atoms with E-state index in [1.165, 1.54) is 10.9 Å². The molecule has 0 radical (unpaired) electrons. The molecule has 22 heavy (non-hydrogen) atoms. The van der Waals surface area contributed by atoms with Gasteiger partial charge in [-0.3, -0.25) is 4.90 Å². The van der Waals surface area contributed by atoms with Gasteiger partial charge in [-0.05, 0) is 35.2 Å². The SMILES string of the molecule is Cl.Cl.Fc1ccc(Br)c([C@H](c2cccs2)N2CCNCC2)c1. The zero-order valence-electron chi connectivity index (χ0n) is 11.8. The molecule has 2 aromatic rings. The number of thiophene rings is 1. The van der Waals surface area contributed by atoms with Crippen molar-refractivity contribution in [3.8, 4) is 0 Å². The highest BCUT2D eigenvalue weighted by molar-refractivity contribution is 9.10. The second-order valence-electron chi connectivity index (χ2n) is 4.87. The number of nitrogens with zero attached hydrogens (tertiary/aromatic N) is 1. The Morgan fingerprint density at radius 3 is 2.55 bits per heavy atom. The summed E-state index contributed by atoms with van der Waals surface area (Å²) in [6.45, 7) is 3.92. The molecule has 1 atom stereocenters. The fourth-order valence-corrected chi connectivity index (χ4v) is 3.98. The van der Waals surface area contributed by atoms with Crippen molar-refractivity contribution in [3.63, 3.8) is 0 Å². The molecule has 2 heterocycles. The summed E-state index contributed by atoms with van der Waals surface area (Å²) < 4.78 is 14.6. The molecule has 3 rings (SSSR count). The molecule has 1 aliphatic heterocycles. The molecular weight excluding hydrogens is 410 g/mol. The van der Waals surface area contributed by atoms with Crippen LogP contribution in [0.4, 0.5) is 4.39 Å². The summed E-state index contributed by atoms with van der Waals surface area (Å²) in [5.74, 6) is -0.181. The minimum atomic E-state index is -0.181. The molecular formula is C15H18BrCl2FN2S. The lowest BCUT2D eigenvalue weighted by atomic mass is 10.0. The minimum absolute atomic E-state index is 0. The van der Waals surface area contributed by atoms with E-state index in [1.54, 1.807) is 23.5 Å². The average molecular weight is 428 g/mol. The van der Waals surface area contributed by atoms with Gasteiger partial charge in [-0.1, -0.05) is 22.0 Å². The van der Waals surface area contributed by atoms with Gasteiger partial charge in [0.05, 0.1) is 6.04 Å². The highest BCUT2D eigenvalue weighted by atomic mass is 79.9. The maximum Gasteiger partial charge on any atom is 0.123 e. The molecule has 1 N–H and O–H groups in total. The first kappa shape index (κ1) is 19.9. The largest absolute Gasteiger partial charge is 0.314 e. The Kier molecular flexibility index (Phi) is 8.32. The van der Waals surface area contributed by atoms with Gasteiger partial charge in [0.1, 0.15) is 5.82 Å². The van der Waals surface area contributed by atoms with Gasteiger partial charge < -0.3 is 5.32 Å². The van der Waals surface area contributed by atoms with Crippen LogP contribution in [0.3, 0.4) is 0 Å². The maximum atomic E-state index is 13.7. The normalized spacial score (nSPS) is 16.5. The van der Waals surface area contributed by atoms with Crippen LogP contribution in [0.15, 0.2) is 40.2 Å². The van der Waals surface area contributed by atoms with E-state index in [1.807, 2.05) is 0 Å². The molecule has 7 heteroatoms. The van der Waals surface area contributed by atoms with E-state index in [2.05, 4.69) is 43.7 Å². The Bertz CT molecular complexity index is 577. The number of rotatable bonds is 3. The van der Waals surface area contributed by atoms with Crippen LogP contribution in [0.5, 0.6) is 0 Å². The van der Waals surface area contributed by atoms with Crippen LogP contribution in [-0.4, -0.2) is 31.1 Å². The summed E-state index contributed by atoms with van der Waals surface area (Å²) in [6.07, 6.45) is 0. The van der Waals surface area contributed by atoms with Crippen molar-refractivity contribution in [2.75, 3.05) is 26.2 Å². The summed E-state index contributed by atoms with van der Waals surface area (Å²) in [6, 6.07) is 9.26. The molecule has 122 valence electrons. The van der Waals surface area contributed by atoms with Gasteiger partial charge in [-0.15, -0.1) is 36.2 Å². The Morgan fingerprint density at radius 1 is 1.18 bits per heavy atom. The summed E-state index contributed by atoms with van der Waals surface area (Å²) in [5, 5.41) is 5.45. The van der Waals surface area contributed by atoms with Crippen LogP contribution < -0.4 is 5.32 Å². The van der Waals surface area contributed by atoms with E-state index in [0.717, 1.165) is 36.2 Å². The number of hydrogen-bond acceptors (Lipinski definition) is 3. The third-order valence-electron chi connectivity index (χ3n) is 3.58. The zero-order valence-corrected chi connectivity index (χ0v) is 15.8. The number of benzene rings is 1. The summed E-state index contributed by atoms with van der Waals surface area (Å²) in [4.78, 5) is 3.68. The predicted octanol–water partition coefficient (Wildman–Crippen LogP) is 4.49. The van der Waals surface area contributed by atoms with Crippen molar-refractivity contribution in [2.45, 2.75) is 6.04 Å². The number of piperazine rings is 1. The third-order valence-corrected chi connectivity index (χ3v) is 5.23. The standard InChI is InChI=1S/C15H16BrFN2S.2ClH/c16-13-4-3-11(17)10-12(13)15(14-2-1-9-20-14)19-7-5-18-6-8-19;;/h1-4,9-10,15,18H,5-8H2;2*1H/t15-;;/m1../s1. The summed E-state index contributed by atoms with van der Waals surface area (Å²) in [7, 11) is 0. The first-order valence-electron chi connectivity index (χ1n) is 6.69. The Hall–Kier alpha value is -0.170. The monoisotopic (exact) mass is 426 g/mol. The second-order valence-corrected chi connectivity index (χ2v) is 6.70. The van der Waals surface area contributed by atoms with E-state index in [0.29, 0.717) is 0 Å². The summed E-state index contributed by atoms with van der Waals surface area (Å²) >= 11 is 5.31. The van der Waals surface area contributed by atoms with E-state index in [-0.39, 0.29) is 36.7 Å². The van der Waals surface area contributed by atoms with Crippen molar-refractivity contribution in [1.82, 2.24) is 10.2 Å². The molecule has 1 aliphatic rings. The summed E-state index contributed by atoms with van der Waals surface area (Å²) in [5.41, 5.74) is 1.01. The molecule has 1 aromatic heterocycles. The van der Waals surface area contributed by atoms with Gasteiger partial charge in [-0.25, -0.2) is 4.39 Å². The Morgan fingerprint density at radius 2 is 1.91 bits per heavy atom. The van der Waals surface area contributed by atoms with Gasteiger partial charge in [0.25, 0.3) is 0 Å². The molecule has 0 saturated carbocycles. The molecule has 0 spiro atoms. The molecule has 1 saturated heterocycles. The first-order valence-corrected chi connectivity index (χ1v) is 8.36. The van der Waals surface area contributed by atoms with Crippen LogP contribution in [0.2, 0.25) is 0 Å². The van der Waals surface area contributed by atoms with Crippen molar-refractivity contribution in [1.29, 1.82) is 0 Å². The maximum absolute atomic E-state index is 13.7. The Labute approximate surface area is 155 Å². The van der Waals surface area contributed by atoms with E-state index < -0.39 is 0 Å². The molecule has 2 nitrogen and oxygen atoms in total. The Balaban J connectivity index is 0.00000121. The molecule has 0 amide bonds. The van der Waals surface area contributed by atoms with Crippen molar-refractivity contribution >= 4 is 52.1 Å². The molecule has 0 unspecified atom stereocenters. The number of nitrogens with one attached hydrogen (secondary N) is 1. The lowest BCUT2D eigenvalue weighted by Gasteiger charge is -2.35. The van der Waals surface area contributed by atoms with Crippen LogP contribution in [0, 0.1) is 5.82 Å². The van der Waals surface area contributed by atoms with Gasteiger partial charge in [0, 0.05) is 35.5 Å². The topological polar surface area (TPSA) is 15.3 Å². The predicted molar refractivity (Wildman–Crippen MR) is 99.2 cm³/mol. The lowest BCUT2D eigenvalue weighted by molar-refractivity contribution is 0.200. The highest BCUT2D eigenvalue weighted by Crippen LogP contribution is 2.36. The van der Waals surface area contributed by atoms with Crippen molar-refractivity contribution in [3.05, 3.63) is 56.4 Å². The van der Waals surface area contributed by atoms with E-state index >= 15 is 0 Å². The third kappa shape index (κ3) is 4.43. The number of hydrogen-bond donors (Lipinski definition) is 1. The molecule has 0 aliphatic carbocycles. The second kappa shape index (κ2) is 9.21. The van der Waals surface area contributed by atoms with Gasteiger partial charge in [-0.2, -0.15) is 0 Å². The van der Waals surface area contributed by atoms with E-state index in [4.69, 9.17) is 0 Å². The van der Waals surface area contributed by atoms with Crippen molar-refractivity contribution in [2.24, 2.45) is 0 Å². The van der Waals surface area contributed by atoms with Gasteiger partial charge in [0.15, 0.2) is 0 Å². The van der Waals surface area contributed by atoms with Crippen LogP contribution >= 0.6 is 52.1 Å². The fraction of sp³-hybridized carbons (Fsp3) is 0.333. The average Bonchev–Trinajstić information content (AvgIpc) is 2.98.